The van der Waals surface area contributed by atoms with Gasteiger partial charge in [0, 0.05) is 17.2 Å². The third-order valence-corrected chi connectivity index (χ3v) is 9.65. The second-order valence-electron chi connectivity index (χ2n) is 14.4. The Bertz CT molecular complexity index is 2030. The third-order valence-electron chi connectivity index (χ3n) is 9.33. The molecule has 6 rings (SSSR count). The molecule has 18 heteroatoms. The molecule has 1 fully saturated rings. The number of guanidine groups is 1. The predicted molar refractivity (Wildman–Crippen MR) is 180 cm³/mol. The van der Waals surface area contributed by atoms with Crippen LogP contribution in [0.3, 0.4) is 0 Å². The molecule has 2 aromatic carbocycles. The van der Waals surface area contributed by atoms with Gasteiger partial charge in [-0.15, -0.1) is 0 Å². The SMILES string of the molecule is CC(C)(C)C[C@]1(c2ccc(-c3cnn(C(F)F)c3)cc2)N=C(N)N([C@H](COC(=O)CC2(C(F)F)CC2)c2ccc(Cl)c(-n3ncnc3C(F)F)c2)C1=O. The molecule has 53 heavy (non-hydrogen) atoms. The van der Waals surface area contributed by atoms with Gasteiger partial charge < -0.3 is 10.5 Å². The van der Waals surface area contributed by atoms with Crippen molar-refractivity contribution < 1.29 is 40.7 Å². The van der Waals surface area contributed by atoms with Crippen LogP contribution >= 0.6 is 11.6 Å². The molecule has 2 aromatic heterocycles. The smallest absolute Gasteiger partial charge is 0.333 e. The van der Waals surface area contributed by atoms with Crippen molar-refractivity contribution in [1.29, 1.82) is 0 Å². The van der Waals surface area contributed by atoms with Crippen molar-refractivity contribution in [1.82, 2.24) is 29.4 Å². The molecule has 11 nitrogen and oxygen atoms in total. The van der Waals surface area contributed by atoms with E-state index in [-0.39, 0.29) is 41.5 Å². The number of aromatic nitrogens is 5. The number of hydrogen-bond donors (Lipinski definition) is 1. The maximum atomic E-state index is 14.9. The number of alkyl halides is 6. The molecule has 4 aromatic rings. The topological polar surface area (TPSA) is 134 Å². The Morgan fingerprint density at radius 3 is 2.30 bits per heavy atom. The predicted octanol–water partition coefficient (Wildman–Crippen LogP) is 7.63. The highest BCUT2D eigenvalue weighted by Gasteiger charge is 2.54. The lowest BCUT2D eigenvalue weighted by atomic mass is 9.75. The Morgan fingerprint density at radius 1 is 1.02 bits per heavy atom. The summed E-state index contributed by atoms with van der Waals surface area (Å²) in [5.41, 5.74) is 4.46. The van der Waals surface area contributed by atoms with Crippen LogP contribution in [0.5, 0.6) is 0 Å². The maximum absolute atomic E-state index is 14.9. The van der Waals surface area contributed by atoms with Gasteiger partial charge in [-0.05, 0) is 53.5 Å². The zero-order valence-electron chi connectivity index (χ0n) is 28.7. The number of nitrogens with two attached hydrogens (primary N) is 1. The van der Waals surface area contributed by atoms with Crippen molar-refractivity contribution in [3.63, 3.8) is 0 Å². The number of aliphatic imine (C=N–C) groups is 1. The number of ether oxygens (including phenoxy) is 1. The van der Waals surface area contributed by atoms with Crippen LogP contribution in [0.25, 0.3) is 16.8 Å². The van der Waals surface area contributed by atoms with E-state index in [2.05, 4.69) is 15.2 Å². The molecule has 3 heterocycles. The average Bonchev–Trinajstić information content (AvgIpc) is 3.40. The highest BCUT2D eigenvalue weighted by atomic mass is 35.5. The van der Waals surface area contributed by atoms with Crippen molar-refractivity contribution in [3.05, 3.63) is 83.2 Å². The summed E-state index contributed by atoms with van der Waals surface area (Å²) >= 11 is 6.43. The van der Waals surface area contributed by atoms with Gasteiger partial charge in [0.15, 0.2) is 17.3 Å². The summed E-state index contributed by atoms with van der Waals surface area (Å²) < 4.78 is 88.3. The van der Waals surface area contributed by atoms with E-state index in [0.717, 1.165) is 15.9 Å². The highest BCUT2D eigenvalue weighted by Crippen LogP contribution is 2.54. The molecule has 0 saturated heterocycles. The van der Waals surface area contributed by atoms with Gasteiger partial charge in [-0.2, -0.15) is 19.0 Å². The van der Waals surface area contributed by atoms with Crippen molar-refractivity contribution in [2.24, 2.45) is 21.6 Å². The average molecular weight is 765 g/mol. The quantitative estimate of drug-likeness (QED) is 0.109. The number of benzene rings is 2. The largest absolute Gasteiger partial charge is 0.463 e. The molecular formula is C35H35ClF6N8O3. The number of hydrogen-bond acceptors (Lipinski definition) is 8. The van der Waals surface area contributed by atoms with Gasteiger partial charge in [-0.3, -0.25) is 14.5 Å². The number of amides is 1. The first kappa shape index (κ1) is 37.8. The van der Waals surface area contributed by atoms with E-state index in [9.17, 15) is 35.9 Å². The lowest BCUT2D eigenvalue weighted by Gasteiger charge is -2.35. The number of esters is 1. The summed E-state index contributed by atoms with van der Waals surface area (Å²) in [6.45, 7) is 2.28. The molecular weight excluding hydrogens is 730 g/mol. The summed E-state index contributed by atoms with van der Waals surface area (Å²) in [7, 11) is 0. The molecule has 2 atom stereocenters. The minimum Gasteiger partial charge on any atom is -0.463 e. The summed E-state index contributed by atoms with van der Waals surface area (Å²) in [6, 6.07) is 9.50. The van der Waals surface area contributed by atoms with E-state index in [4.69, 9.17) is 27.1 Å². The molecule has 1 saturated carbocycles. The van der Waals surface area contributed by atoms with Crippen LogP contribution < -0.4 is 5.73 Å². The Kier molecular flexibility index (Phi) is 10.1. The first-order chi connectivity index (χ1) is 24.9. The van der Waals surface area contributed by atoms with Gasteiger partial charge in [0.1, 0.15) is 12.9 Å². The van der Waals surface area contributed by atoms with Crippen molar-refractivity contribution in [2.45, 2.75) is 77.4 Å². The second-order valence-corrected chi connectivity index (χ2v) is 14.8. The monoisotopic (exact) mass is 764 g/mol. The minimum absolute atomic E-state index is 0.000142. The van der Waals surface area contributed by atoms with E-state index in [0.29, 0.717) is 21.4 Å². The summed E-state index contributed by atoms with van der Waals surface area (Å²) in [5.74, 6) is -2.52. The lowest BCUT2D eigenvalue weighted by molar-refractivity contribution is -0.150. The molecule has 2 aliphatic rings. The van der Waals surface area contributed by atoms with Crippen LogP contribution in [0, 0.1) is 10.8 Å². The van der Waals surface area contributed by atoms with Gasteiger partial charge in [-0.25, -0.2) is 36.9 Å². The van der Waals surface area contributed by atoms with E-state index in [1.165, 1.54) is 30.6 Å². The molecule has 0 bridgehead atoms. The number of carbonyl (C=O) groups excluding carboxylic acids is 2. The normalized spacial score (nSPS) is 19.0. The van der Waals surface area contributed by atoms with Gasteiger partial charge >= 0.3 is 12.5 Å². The number of carbonyl (C=O) groups is 2. The molecule has 0 unspecified atom stereocenters. The second kappa shape index (κ2) is 14.1. The summed E-state index contributed by atoms with van der Waals surface area (Å²) in [6.07, 6.45) is -2.47. The van der Waals surface area contributed by atoms with Crippen LogP contribution in [0.1, 0.15) is 82.4 Å². The highest BCUT2D eigenvalue weighted by molar-refractivity contribution is 6.32. The zero-order valence-corrected chi connectivity index (χ0v) is 29.5. The van der Waals surface area contributed by atoms with Crippen molar-refractivity contribution >= 4 is 29.4 Å². The van der Waals surface area contributed by atoms with Crippen LogP contribution in [0.2, 0.25) is 5.02 Å². The maximum Gasteiger partial charge on any atom is 0.333 e. The molecule has 0 radical (unpaired) electrons. The van der Waals surface area contributed by atoms with Crippen LogP contribution in [-0.2, 0) is 19.9 Å². The lowest BCUT2D eigenvalue weighted by Crippen LogP contribution is -2.47. The molecule has 282 valence electrons. The molecule has 2 N–H and O–H groups in total. The fourth-order valence-electron chi connectivity index (χ4n) is 6.55. The summed E-state index contributed by atoms with van der Waals surface area (Å²) in [4.78, 5) is 37.3. The van der Waals surface area contributed by atoms with E-state index in [1.54, 1.807) is 24.3 Å². The van der Waals surface area contributed by atoms with E-state index >= 15 is 0 Å². The minimum atomic E-state index is -3.02. The fraction of sp³-hybridized carbons (Fsp3) is 0.429. The van der Waals surface area contributed by atoms with Crippen LogP contribution in [0.4, 0.5) is 26.3 Å². The van der Waals surface area contributed by atoms with Crippen molar-refractivity contribution in [2.75, 3.05) is 6.61 Å². The van der Waals surface area contributed by atoms with Gasteiger partial charge in [0.05, 0.1) is 29.4 Å². The van der Waals surface area contributed by atoms with E-state index < -0.39 is 72.5 Å². The first-order valence-electron chi connectivity index (χ1n) is 16.5. The standard InChI is InChI=1S/C35H35ClF6N8O3/c1-33(2,3)17-35(22-7-4-19(5-8-22)21-14-45-48(15-21)31(41)42)30(52)49(32(43)47-35)25(16-53-26(51)13-34(10-11-34)29(39)40)20-6-9-23(36)24(12-20)50-28(27(37)38)44-18-46-50/h4-9,12,14-15,18,25,27,29,31H,10-11,13,16-17H2,1-3H3,(H2,43,47)/t25-,35-/m1/s1. The van der Waals surface area contributed by atoms with Gasteiger partial charge in [-0.1, -0.05) is 62.7 Å². The number of rotatable bonds is 13. The number of nitrogens with zero attached hydrogens (tertiary/aromatic N) is 7. The Hall–Kier alpha value is -4.93. The Balaban J connectivity index is 1.40. The summed E-state index contributed by atoms with van der Waals surface area (Å²) in [5, 5.41) is 7.57. The fourth-order valence-corrected chi connectivity index (χ4v) is 6.75. The molecule has 0 spiro atoms. The first-order valence-corrected chi connectivity index (χ1v) is 16.9. The molecule has 1 aliphatic heterocycles. The molecule has 1 aliphatic carbocycles. The van der Waals surface area contributed by atoms with Crippen molar-refractivity contribution in [3.8, 4) is 16.8 Å². The Labute approximate surface area is 304 Å². The van der Waals surface area contributed by atoms with Gasteiger partial charge in [0.2, 0.25) is 6.43 Å². The Morgan fingerprint density at radius 2 is 1.72 bits per heavy atom. The van der Waals surface area contributed by atoms with Gasteiger partial charge in [0.25, 0.3) is 12.3 Å². The van der Waals surface area contributed by atoms with Crippen LogP contribution in [-0.4, -0.2) is 60.3 Å². The number of halogens is 7. The third kappa shape index (κ3) is 7.48. The zero-order chi connectivity index (χ0) is 38.5. The van der Waals surface area contributed by atoms with E-state index in [1.807, 2.05) is 20.8 Å². The molecule has 1 amide bonds. The van der Waals surface area contributed by atoms with Crippen LogP contribution in [0.15, 0.2) is 66.2 Å².